The summed E-state index contributed by atoms with van der Waals surface area (Å²) < 4.78 is 4.53. The van der Waals surface area contributed by atoms with E-state index in [1.165, 1.54) is 17.1 Å². The molecule has 6 heteroatoms. The lowest BCUT2D eigenvalue weighted by atomic mass is 9.97. The molecule has 4 rings (SSSR count). The molecule has 0 saturated carbocycles. The van der Waals surface area contributed by atoms with Crippen molar-refractivity contribution in [3.05, 3.63) is 77.6 Å². The van der Waals surface area contributed by atoms with E-state index >= 15 is 0 Å². The Morgan fingerprint density at radius 2 is 1.71 bits per heavy atom. The molecule has 0 radical (unpaired) electrons. The molecular weight excluding hydrogens is 368 g/mol. The number of aromatic nitrogens is 2. The quantitative estimate of drug-likeness (QED) is 0.694. The topological polar surface area (TPSA) is 58.1 Å². The monoisotopic (exact) mass is 392 g/mol. The lowest BCUT2D eigenvalue weighted by molar-refractivity contribution is 0.0945. The Bertz CT molecular complexity index is 889. The highest BCUT2D eigenvalue weighted by Crippen LogP contribution is 2.25. The van der Waals surface area contributed by atoms with E-state index in [1.807, 2.05) is 48.5 Å². The summed E-state index contributed by atoms with van der Waals surface area (Å²) in [5, 5.41) is 4.08. The van der Waals surface area contributed by atoms with E-state index in [4.69, 9.17) is 4.98 Å². The van der Waals surface area contributed by atoms with Crippen LogP contribution in [0, 0.1) is 5.92 Å². The van der Waals surface area contributed by atoms with E-state index in [0.717, 1.165) is 55.4 Å². The zero-order chi connectivity index (χ0) is 19.2. The van der Waals surface area contributed by atoms with Gasteiger partial charge in [0.15, 0.2) is 0 Å². The summed E-state index contributed by atoms with van der Waals surface area (Å²) in [4.78, 5) is 19.2. The normalized spacial score (nSPS) is 14.8. The van der Waals surface area contributed by atoms with Crippen LogP contribution in [0.3, 0.4) is 0 Å². The van der Waals surface area contributed by atoms with Crippen LogP contribution < -0.4 is 10.2 Å². The lowest BCUT2D eigenvalue weighted by Crippen LogP contribution is -2.38. The first kappa shape index (κ1) is 18.6. The molecule has 0 unspecified atom stereocenters. The fourth-order valence-electron chi connectivity index (χ4n) is 3.48. The molecule has 1 aliphatic rings. The minimum absolute atomic E-state index is 0.0118. The van der Waals surface area contributed by atoms with Gasteiger partial charge in [0.2, 0.25) is 5.13 Å². The maximum Gasteiger partial charge on any atom is 0.251 e. The highest BCUT2D eigenvalue weighted by molar-refractivity contribution is 7.09. The number of piperidine rings is 1. The van der Waals surface area contributed by atoms with Crippen molar-refractivity contribution in [1.82, 2.24) is 14.7 Å². The summed E-state index contributed by atoms with van der Waals surface area (Å²) in [7, 11) is 0. The van der Waals surface area contributed by atoms with Crippen LogP contribution in [-0.2, 0) is 6.42 Å². The molecule has 1 fully saturated rings. The molecule has 5 nitrogen and oxygen atoms in total. The number of benzene rings is 2. The molecule has 1 N–H and O–H groups in total. The molecule has 3 aromatic rings. The number of carbonyl (C=O) groups excluding carboxylic acids is 1. The number of hydrogen-bond donors (Lipinski definition) is 1. The number of nitrogens with zero attached hydrogens (tertiary/aromatic N) is 3. The zero-order valence-electron chi connectivity index (χ0n) is 15.8. The van der Waals surface area contributed by atoms with Gasteiger partial charge in [0.05, 0.1) is 0 Å². The Morgan fingerprint density at radius 3 is 2.43 bits per heavy atom. The van der Waals surface area contributed by atoms with Crippen molar-refractivity contribution in [3.8, 4) is 0 Å². The Kier molecular flexibility index (Phi) is 5.97. The number of anilines is 1. The molecule has 1 saturated heterocycles. The maximum atomic E-state index is 12.2. The molecule has 1 amide bonds. The summed E-state index contributed by atoms with van der Waals surface area (Å²) in [5.74, 6) is 1.42. The smallest absolute Gasteiger partial charge is 0.251 e. The predicted molar refractivity (Wildman–Crippen MR) is 113 cm³/mol. The second-order valence-electron chi connectivity index (χ2n) is 7.16. The fraction of sp³-hybridized carbons (Fsp3) is 0.318. The minimum atomic E-state index is 0.0118. The Morgan fingerprint density at radius 1 is 1.04 bits per heavy atom. The SMILES string of the molecule is O=C(NCC1CCN(c2nc(Cc3ccccc3)ns2)CC1)c1ccccc1. The minimum Gasteiger partial charge on any atom is -0.352 e. The van der Waals surface area contributed by atoms with Crippen LogP contribution in [0.2, 0.25) is 0 Å². The average molecular weight is 393 g/mol. The van der Waals surface area contributed by atoms with Crippen LogP contribution in [-0.4, -0.2) is 34.9 Å². The highest BCUT2D eigenvalue weighted by atomic mass is 32.1. The van der Waals surface area contributed by atoms with Gasteiger partial charge in [0.25, 0.3) is 5.91 Å². The summed E-state index contributed by atoms with van der Waals surface area (Å²) >= 11 is 1.49. The van der Waals surface area contributed by atoms with E-state index in [2.05, 4.69) is 26.7 Å². The number of hydrogen-bond acceptors (Lipinski definition) is 5. The predicted octanol–water partition coefficient (Wildman–Crippen LogP) is 3.78. The van der Waals surface area contributed by atoms with Crippen molar-refractivity contribution < 1.29 is 4.79 Å². The van der Waals surface area contributed by atoms with E-state index in [-0.39, 0.29) is 5.91 Å². The van der Waals surface area contributed by atoms with E-state index in [0.29, 0.717) is 5.92 Å². The number of carbonyl (C=O) groups is 1. The second-order valence-corrected chi connectivity index (χ2v) is 7.89. The van der Waals surface area contributed by atoms with Gasteiger partial charge >= 0.3 is 0 Å². The summed E-state index contributed by atoms with van der Waals surface area (Å²) in [5.41, 5.74) is 1.96. The molecule has 2 heterocycles. The summed E-state index contributed by atoms with van der Waals surface area (Å²) in [6.07, 6.45) is 2.89. The molecule has 1 aliphatic heterocycles. The molecule has 28 heavy (non-hydrogen) atoms. The lowest BCUT2D eigenvalue weighted by Gasteiger charge is -2.31. The van der Waals surface area contributed by atoms with Gasteiger partial charge in [-0.25, -0.2) is 4.98 Å². The third kappa shape index (κ3) is 4.75. The van der Waals surface area contributed by atoms with Gasteiger partial charge in [-0.1, -0.05) is 48.5 Å². The first-order chi connectivity index (χ1) is 13.8. The van der Waals surface area contributed by atoms with Crippen molar-refractivity contribution in [1.29, 1.82) is 0 Å². The molecule has 0 spiro atoms. The van der Waals surface area contributed by atoms with Crippen LogP contribution in [0.4, 0.5) is 5.13 Å². The molecular formula is C22H24N4OS. The maximum absolute atomic E-state index is 12.2. The van der Waals surface area contributed by atoms with Crippen molar-refractivity contribution in [2.75, 3.05) is 24.5 Å². The van der Waals surface area contributed by atoms with Crippen LogP contribution >= 0.6 is 11.5 Å². The molecule has 144 valence electrons. The van der Waals surface area contributed by atoms with E-state index in [9.17, 15) is 4.79 Å². The van der Waals surface area contributed by atoms with Crippen molar-refractivity contribution in [2.24, 2.45) is 5.92 Å². The molecule has 0 aliphatic carbocycles. The third-order valence-corrected chi connectivity index (χ3v) is 5.95. The molecule has 0 bridgehead atoms. The van der Waals surface area contributed by atoms with Crippen molar-refractivity contribution in [2.45, 2.75) is 19.3 Å². The fourth-order valence-corrected chi connectivity index (χ4v) is 4.22. The number of amides is 1. The van der Waals surface area contributed by atoms with Gasteiger partial charge in [-0.05, 0) is 36.5 Å². The van der Waals surface area contributed by atoms with Crippen molar-refractivity contribution >= 4 is 22.6 Å². The molecule has 0 atom stereocenters. The Hall–Kier alpha value is -2.73. The van der Waals surface area contributed by atoms with Gasteiger partial charge < -0.3 is 10.2 Å². The number of nitrogens with one attached hydrogen (secondary N) is 1. The second kappa shape index (κ2) is 8.97. The zero-order valence-corrected chi connectivity index (χ0v) is 16.6. The van der Waals surface area contributed by atoms with Crippen LogP contribution in [0.5, 0.6) is 0 Å². The first-order valence-corrected chi connectivity index (χ1v) is 10.5. The van der Waals surface area contributed by atoms with E-state index in [1.54, 1.807) is 0 Å². The first-order valence-electron chi connectivity index (χ1n) is 9.72. The van der Waals surface area contributed by atoms with Gasteiger partial charge in [-0.3, -0.25) is 4.79 Å². The van der Waals surface area contributed by atoms with Crippen molar-refractivity contribution in [3.63, 3.8) is 0 Å². The standard InChI is InChI=1S/C22H24N4OS/c27-21(19-9-5-2-6-10-19)23-16-18-11-13-26(14-12-18)22-24-20(25-28-22)15-17-7-3-1-4-8-17/h1-10,18H,11-16H2,(H,23,27). The summed E-state index contributed by atoms with van der Waals surface area (Å²) in [6.45, 7) is 2.66. The van der Waals surface area contributed by atoms with Crippen LogP contribution in [0.15, 0.2) is 60.7 Å². The van der Waals surface area contributed by atoms with Crippen LogP contribution in [0.1, 0.15) is 34.6 Å². The Balaban J connectivity index is 1.25. The van der Waals surface area contributed by atoms with Gasteiger partial charge in [0.1, 0.15) is 5.82 Å². The van der Waals surface area contributed by atoms with Gasteiger partial charge in [-0.15, -0.1) is 0 Å². The van der Waals surface area contributed by atoms with Crippen LogP contribution in [0.25, 0.3) is 0 Å². The third-order valence-electron chi connectivity index (χ3n) is 5.13. The van der Waals surface area contributed by atoms with Gasteiger partial charge in [-0.2, -0.15) is 4.37 Å². The highest BCUT2D eigenvalue weighted by Gasteiger charge is 2.22. The Labute approximate surface area is 169 Å². The molecule has 1 aromatic heterocycles. The molecule has 2 aromatic carbocycles. The summed E-state index contributed by atoms with van der Waals surface area (Å²) in [6, 6.07) is 19.7. The van der Waals surface area contributed by atoms with E-state index < -0.39 is 0 Å². The van der Waals surface area contributed by atoms with Gasteiger partial charge in [0, 0.05) is 43.2 Å². The largest absolute Gasteiger partial charge is 0.352 e. The number of rotatable bonds is 6. The average Bonchev–Trinajstić information content (AvgIpc) is 3.22.